The van der Waals surface area contributed by atoms with Gasteiger partial charge >= 0.3 is 0 Å². The molecule has 0 spiro atoms. The van der Waals surface area contributed by atoms with Crippen LogP contribution in [0.3, 0.4) is 0 Å². The second-order valence-corrected chi connectivity index (χ2v) is 4.74. The van der Waals surface area contributed by atoms with Crippen LogP contribution in [-0.2, 0) is 11.2 Å². The highest BCUT2D eigenvalue weighted by molar-refractivity contribution is 7.19. The van der Waals surface area contributed by atoms with Crippen LogP contribution >= 0.6 is 11.3 Å². The number of rotatable bonds is 3. The summed E-state index contributed by atoms with van der Waals surface area (Å²) in [6.07, 6.45) is 1.88. The van der Waals surface area contributed by atoms with Gasteiger partial charge in [-0.05, 0) is 23.9 Å². The Balaban J connectivity index is 2.31. The Morgan fingerprint density at radius 2 is 2.21 bits per heavy atom. The third-order valence-corrected chi connectivity index (χ3v) is 3.37. The van der Waals surface area contributed by atoms with Crippen LogP contribution in [0.5, 0.6) is 0 Å². The Morgan fingerprint density at radius 3 is 2.93 bits per heavy atom. The fourth-order valence-corrected chi connectivity index (χ4v) is 2.71. The Labute approximate surface area is 87.4 Å². The van der Waals surface area contributed by atoms with Crippen molar-refractivity contribution in [1.29, 1.82) is 0 Å². The van der Waals surface area contributed by atoms with Gasteiger partial charge in [-0.3, -0.25) is 0 Å². The van der Waals surface area contributed by atoms with Crippen molar-refractivity contribution in [1.82, 2.24) is 0 Å². The molecular formula is C12H12OS. The van der Waals surface area contributed by atoms with Gasteiger partial charge in [0.1, 0.15) is 6.29 Å². The molecule has 1 nitrogen and oxygen atoms in total. The van der Waals surface area contributed by atoms with Crippen molar-refractivity contribution >= 4 is 27.7 Å². The van der Waals surface area contributed by atoms with Crippen molar-refractivity contribution in [3.63, 3.8) is 0 Å². The monoisotopic (exact) mass is 204 g/mol. The molecule has 2 heteroatoms. The molecule has 0 radical (unpaired) electrons. The summed E-state index contributed by atoms with van der Waals surface area (Å²) in [4.78, 5) is 11.8. The second-order valence-electron chi connectivity index (χ2n) is 3.57. The zero-order chi connectivity index (χ0) is 9.97. The van der Waals surface area contributed by atoms with Gasteiger partial charge in [0.15, 0.2) is 0 Å². The molecule has 0 aliphatic carbocycles. The van der Waals surface area contributed by atoms with Crippen LogP contribution in [0.15, 0.2) is 30.3 Å². The molecule has 2 aromatic rings. The van der Waals surface area contributed by atoms with Crippen LogP contribution in [-0.4, -0.2) is 6.29 Å². The Bertz CT molecular complexity index is 411. The van der Waals surface area contributed by atoms with Crippen LogP contribution in [0.4, 0.5) is 0 Å². The van der Waals surface area contributed by atoms with E-state index in [-0.39, 0.29) is 5.92 Å². The van der Waals surface area contributed by atoms with Gasteiger partial charge in [0, 0.05) is 15.5 Å². The van der Waals surface area contributed by atoms with Crippen LogP contribution in [0, 0.1) is 5.92 Å². The highest BCUT2D eigenvalue weighted by Gasteiger charge is 2.05. The van der Waals surface area contributed by atoms with Crippen molar-refractivity contribution in [2.75, 3.05) is 0 Å². The fraction of sp³-hybridized carbons (Fsp3) is 0.250. The molecule has 1 aromatic heterocycles. The summed E-state index contributed by atoms with van der Waals surface area (Å²) in [6.45, 7) is 1.96. The predicted octanol–water partition coefficient (Wildman–Crippen LogP) is 3.28. The van der Waals surface area contributed by atoms with E-state index < -0.39 is 0 Å². The summed E-state index contributed by atoms with van der Waals surface area (Å²) in [6, 6.07) is 10.5. The van der Waals surface area contributed by atoms with Crippen molar-refractivity contribution in [2.45, 2.75) is 13.3 Å². The van der Waals surface area contributed by atoms with E-state index in [1.807, 2.05) is 19.1 Å². The standard InChI is InChI=1S/C12H12OS/c1-9(8-13)6-11-7-10-4-2-3-5-12(10)14-11/h2-5,7-9H,6H2,1H3. The van der Waals surface area contributed by atoms with Gasteiger partial charge < -0.3 is 4.79 Å². The molecule has 0 saturated carbocycles. The summed E-state index contributed by atoms with van der Waals surface area (Å²) in [5.74, 6) is 0.128. The van der Waals surface area contributed by atoms with Gasteiger partial charge in [-0.15, -0.1) is 11.3 Å². The zero-order valence-electron chi connectivity index (χ0n) is 8.07. The van der Waals surface area contributed by atoms with E-state index in [1.165, 1.54) is 15.0 Å². The minimum Gasteiger partial charge on any atom is -0.303 e. The summed E-state index contributed by atoms with van der Waals surface area (Å²) >= 11 is 1.78. The molecule has 14 heavy (non-hydrogen) atoms. The molecule has 0 N–H and O–H groups in total. The van der Waals surface area contributed by atoms with E-state index in [0.29, 0.717) is 0 Å². The number of aldehydes is 1. The molecule has 0 bridgehead atoms. The molecular weight excluding hydrogens is 192 g/mol. The molecule has 0 fully saturated rings. The third kappa shape index (κ3) is 1.85. The molecule has 0 amide bonds. The number of carbonyl (C=O) groups excluding carboxylic acids is 1. The lowest BCUT2D eigenvalue weighted by Crippen LogP contribution is -1.98. The maximum absolute atomic E-state index is 10.5. The number of carbonyl (C=O) groups is 1. The molecule has 1 unspecified atom stereocenters. The molecule has 1 aromatic carbocycles. The first-order valence-corrected chi connectivity index (χ1v) is 5.54. The molecule has 0 aliphatic heterocycles. The highest BCUT2D eigenvalue weighted by Crippen LogP contribution is 2.26. The minimum absolute atomic E-state index is 0.128. The first-order valence-electron chi connectivity index (χ1n) is 4.72. The van der Waals surface area contributed by atoms with Gasteiger partial charge in [0.25, 0.3) is 0 Å². The van der Waals surface area contributed by atoms with Crippen molar-refractivity contribution < 1.29 is 4.79 Å². The quantitative estimate of drug-likeness (QED) is 0.701. The fourth-order valence-electron chi connectivity index (χ4n) is 1.50. The van der Waals surface area contributed by atoms with Gasteiger partial charge in [-0.25, -0.2) is 0 Å². The van der Waals surface area contributed by atoms with Gasteiger partial charge in [-0.1, -0.05) is 25.1 Å². The van der Waals surface area contributed by atoms with E-state index in [1.54, 1.807) is 11.3 Å². The van der Waals surface area contributed by atoms with Crippen molar-refractivity contribution in [3.05, 3.63) is 35.2 Å². The SMILES string of the molecule is CC(C=O)Cc1cc2ccccc2s1. The van der Waals surface area contributed by atoms with E-state index in [2.05, 4.69) is 18.2 Å². The topological polar surface area (TPSA) is 17.1 Å². The number of hydrogen-bond donors (Lipinski definition) is 0. The molecule has 1 atom stereocenters. The molecule has 1 heterocycles. The van der Waals surface area contributed by atoms with Gasteiger partial charge in [-0.2, -0.15) is 0 Å². The normalized spacial score (nSPS) is 12.9. The number of fused-ring (bicyclic) bond motifs is 1. The van der Waals surface area contributed by atoms with Gasteiger partial charge in [0.2, 0.25) is 0 Å². The molecule has 0 saturated heterocycles. The number of thiophene rings is 1. The highest BCUT2D eigenvalue weighted by atomic mass is 32.1. The van der Waals surface area contributed by atoms with E-state index in [0.717, 1.165) is 12.7 Å². The molecule has 0 aliphatic rings. The first kappa shape index (κ1) is 9.41. The number of hydrogen-bond acceptors (Lipinski definition) is 2. The van der Waals surface area contributed by atoms with E-state index in [9.17, 15) is 4.79 Å². The smallest absolute Gasteiger partial charge is 0.123 e. The summed E-state index contributed by atoms with van der Waals surface area (Å²) in [5.41, 5.74) is 0. The Kier molecular flexibility index (Phi) is 2.64. The average Bonchev–Trinajstić information content (AvgIpc) is 2.59. The first-order chi connectivity index (χ1) is 6.79. The molecule has 2 rings (SSSR count). The maximum atomic E-state index is 10.5. The van der Waals surface area contributed by atoms with Crippen LogP contribution in [0.1, 0.15) is 11.8 Å². The minimum atomic E-state index is 0.128. The van der Waals surface area contributed by atoms with Crippen molar-refractivity contribution in [2.24, 2.45) is 5.92 Å². The average molecular weight is 204 g/mol. The lowest BCUT2D eigenvalue weighted by molar-refractivity contribution is -0.110. The molecule has 72 valence electrons. The largest absolute Gasteiger partial charge is 0.303 e. The van der Waals surface area contributed by atoms with Gasteiger partial charge in [0.05, 0.1) is 0 Å². The summed E-state index contributed by atoms with van der Waals surface area (Å²) in [5, 5.41) is 1.28. The Hall–Kier alpha value is -1.15. The third-order valence-electron chi connectivity index (χ3n) is 2.23. The lowest BCUT2D eigenvalue weighted by Gasteiger charge is -1.97. The van der Waals surface area contributed by atoms with Crippen LogP contribution in [0.2, 0.25) is 0 Å². The number of benzene rings is 1. The Morgan fingerprint density at radius 1 is 1.43 bits per heavy atom. The summed E-state index contributed by atoms with van der Waals surface area (Å²) in [7, 11) is 0. The van der Waals surface area contributed by atoms with E-state index in [4.69, 9.17) is 0 Å². The zero-order valence-corrected chi connectivity index (χ0v) is 8.88. The van der Waals surface area contributed by atoms with E-state index >= 15 is 0 Å². The van der Waals surface area contributed by atoms with Crippen LogP contribution < -0.4 is 0 Å². The lowest BCUT2D eigenvalue weighted by atomic mass is 10.1. The predicted molar refractivity (Wildman–Crippen MR) is 60.8 cm³/mol. The maximum Gasteiger partial charge on any atom is 0.123 e. The van der Waals surface area contributed by atoms with Crippen LogP contribution in [0.25, 0.3) is 10.1 Å². The second kappa shape index (κ2) is 3.93. The van der Waals surface area contributed by atoms with Crippen molar-refractivity contribution in [3.8, 4) is 0 Å². The summed E-state index contributed by atoms with van der Waals surface area (Å²) < 4.78 is 1.31.